The van der Waals surface area contributed by atoms with Crippen molar-refractivity contribution >= 4 is 40.5 Å². The van der Waals surface area contributed by atoms with Gasteiger partial charge in [0.1, 0.15) is 17.8 Å². The fourth-order valence-corrected chi connectivity index (χ4v) is 3.25. The van der Waals surface area contributed by atoms with Crippen molar-refractivity contribution in [2.75, 3.05) is 12.3 Å². The predicted molar refractivity (Wildman–Crippen MR) is 123 cm³/mol. The highest BCUT2D eigenvalue weighted by Crippen LogP contribution is 2.29. The third-order valence-corrected chi connectivity index (χ3v) is 4.84. The Kier molecular flexibility index (Phi) is 6.00. The second-order valence-corrected chi connectivity index (χ2v) is 6.79. The molecule has 0 bridgehead atoms. The highest BCUT2D eigenvalue weighted by molar-refractivity contribution is 6.38. The van der Waals surface area contributed by atoms with Crippen LogP contribution in [-0.2, 0) is 5.88 Å². The van der Waals surface area contributed by atoms with Crippen LogP contribution in [0, 0.1) is 11.3 Å². The average Bonchev–Trinajstić information content (AvgIpc) is 3.20. The van der Waals surface area contributed by atoms with Crippen molar-refractivity contribution < 1.29 is 0 Å². The minimum atomic E-state index is -0.0134. The zero-order valence-electron chi connectivity index (χ0n) is 16.6. The van der Waals surface area contributed by atoms with Crippen molar-refractivity contribution in [1.29, 1.82) is 5.26 Å². The molecular weight excluding hydrogens is 428 g/mol. The number of pyridine rings is 1. The number of rotatable bonds is 7. The van der Waals surface area contributed by atoms with E-state index < -0.39 is 0 Å². The molecule has 1 aromatic carbocycles. The quantitative estimate of drug-likeness (QED) is 0.146. The van der Waals surface area contributed by atoms with E-state index in [2.05, 4.69) is 30.5 Å². The highest BCUT2D eigenvalue weighted by Gasteiger charge is 2.19. The number of nitrogens with zero attached hydrogens (tertiary/aromatic N) is 8. The van der Waals surface area contributed by atoms with Crippen molar-refractivity contribution in [3.05, 3.63) is 65.5 Å². The fourth-order valence-electron chi connectivity index (χ4n) is 3.07. The second kappa shape index (κ2) is 9.20. The zero-order valence-corrected chi connectivity index (χ0v) is 17.4. The summed E-state index contributed by atoms with van der Waals surface area (Å²) < 4.78 is 1.80. The van der Waals surface area contributed by atoms with E-state index in [0.717, 1.165) is 17.5 Å². The van der Waals surface area contributed by atoms with Gasteiger partial charge in [-0.25, -0.2) is 19.9 Å². The van der Waals surface area contributed by atoms with Gasteiger partial charge in [0, 0.05) is 24.0 Å². The van der Waals surface area contributed by atoms with Gasteiger partial charge in [-0.2, -0.15) is 16.6 Å². The molecule has 0 aliphatic carbocycles. The molecule has 0 amide bonds. The Hall–Kier alpha value is -4.36. The number of nitrogens with one attached hydrogen (secondary N) is 1. The minimum Gasteiger partial charge on any atom is -0.809 e. The molecule has 0 aliphatic rings. The number of nitrogen functional groups attached to an aromatic ring is 1. The molecular formula is C21H16ClN10-. The normalized spacial score (nSPS) is 11.3. The Balaban J connectivity index is 1.95. The number of anilines is 1. The largest absolute Gasteiger partial charge is 0.809 e. The first-order valence-electron chi connectivity index (χ1n) is 9.43. The van der Waals surface area contributed by atoms with E-state index in [1.807, 2.05) is 30.3 Å². The molecule has 4 rings (SSSR count). The zero-order chi connectivity index (χ0) is 22.5. The van der Waals surface area contributed by atoms with E-state index in [-0.39, 0.29) is 18.1 Å². The Bertz CT molecular complexity index is 1350. The molecule has 0 saturated carbocycles. The molecule has 0 radical (unpaired) electrons. The van der Waals surface area contributed by atoms with E-state index in [1.165, 1.54) is 12.4 Å². The summed E-state index contributed by atoms with van der Waals surface area (Å²) in [4.78, 5) is 17.8. The molecule has 0 aliphatic heterocycles. The molecule has 3 heterocycles. The number of nitriles is 1. The van der Waals surface area contributed by atoms with Crippen LogP contribution in [-0.4, -0.2) is 43.0 Å². The smallest absolute Gasteiger partial charge is 0.169 e. The Labute approximate surface area is 187 Å². The minimum absolute atomic E-state index is 0.0134. The van der Waals surface area contributed by atoms with Gasteiger partial charge in [0.25, 0.3) is 0 Å². The Morgan fingerprint density at radius 2 is 1.97 bits per heavy atom. The number of aromatic nitrogens is 5. The number of hydrogen-bond acceptors (Lipinski definition) is 8. The summed E-state index contributed by atoms with van der Waals surface area (Å²) in [7, 11) is 0. The molecule has 4 aromatic rings. The van der Waals surface area contributed by atoms with Crippen LogP contribution in [0.1, 0.15) is 11.3 Å². The maximum absolute atomic E-state index is 9.63. The Morgan fingerprint density at radius 1 is 1.19 bits per heavy atom. The number of halogens is 1. The molecule has 10 nitrogen and oxygen atoms in total. The van der Waals surface area contributed by atoms with Crippen LogP contribution in [0.2, 0.25) is 0 Å². The summed E-state index contributed by atoms with van der Waals surface area (Å²) in [5, 5.41) is 22.3. The van der Waals surface area contributed by atoms with Crippen molar-refractivity contribution in [3.8, 4) is 23.3 Å². The maximum Gasteiger partial charge on any atom is 0.169 e. The van der Waals surface area contributed by atoms with E-state index in [0.29, 0.717) is 34.3 Å². The van der Waals surface area contributed by atoms with Crippen molar-refractivity contribution in [2.45, 2.75) is 5.88 Å². The van der Waals surface area contributed by atoms with Crippen LogP contribution >= 0.6 is 11.6 Å². The van der Waals surface area contributed by atoms with Gasteiger partial charge in [-0.1, -0.05) is 12.1 Å². The van der Waals surface area contributed by atoms with Crippen molar-refractivity contribution in [3.63, 3.8) is 0 Å². The number of fused-ring (bicyclic) bond motifs is 1. The van der Waals surface area contributed by atoms with E-state index in [1.54, 1.807) is 16.7 Å². The maximum atomic E-state index is 9.63. The molecule has 0 saturated heterocycles. The second-order valence-electron chi connectivity index (χ2n) is 6.52. The lowest BCUT2D eigenvalue weighted by molar-refractivity contribution is 0.835. The van der Waals surface area contributed by atoms with E-state index in [4.69, 9.17) is 22.6 Å². The summed E-state index contributed by atoms with van der Waals surface area (Å²) in [6.07, 6.45) is 3.86. The lowest BCUT2D eigenvalue weighted by Crippen LogP contribution is -2.14. The van der Waals surface area contributed by atoms with Gasteiger partial charge in [-0.3, -0.25) is 9.99 Å². The molecule has 0 atom stereocenters. The molecule has 0 unspecified atom stereocenters. The van der Waals surface area contributed by atoms with Crippen LogP contribution in [0.15, 0.2) is 53.9 Å². The molecule has 0 spiro atoms. The molecule has 3 aromatic heterocycles. The van der Waals surface area contributed by atoms with Crippen LogP contribution in [0.5, 0.6) is 0 Å². The molecule has 11 heteroatoms. The standard InChI is InChI=1S/C21H16ClN10/c22-11-13-1-3-14(4-2-13)32-20-16(30-21(32)18-19(25)27-10-9-26-18)6-5-15(29-20)17(12-24)31-28-8-7-23/h1-6,9-10,12,28H,8,11H2,(H2,25,27)/q-1/b31-17+. The van der Waals surface area contributed by atoms with E-state index >= 15 is 0 Å². The first-order chi connectivity index (χ1) is 15.7. The number of alkyl halides is 1. The van der Waals surface area contributed by atoms with Gasteiger partial charge >= 0.3 is 0 Å². The first-order valence-corrected chi connectivity index (χ1v) is 9.96. The monoisotopic (exact) mass is 443 g/mol. The summed E-state index contributed by atoms with van der Waals surface area (Å²) >= 11 is 5.94. The lowest BCUT2D eigenvalue weighted by Gasteiger charge is -2.11. The summed E-state index contributed by atoms with van der Waals surface area (Å²) in [5.41, 5.74) is 12.4. The number of benzene rings is 1. The molecule has 158 valence electrons. The van der Waals surface area contributed by atoms with Gasteiger partial charge in [-0.05, 0) is 29.8 Å². The van der Waals surface area contributed by atoms with Crippen molar-refractivity contribution in [1.82, 2.24) is 29.9 Å². The SMILES string of the molecule is N#CCN/N=C(\C=[N-])c1ccc2nc(-c3nccnc3N)n(-c3ccc(CCl)cc3)c2n1. The van der Waals surface area contributed by atoms with Crippen LogP contribution in [0.4, 0.5) is 5.82 Å². The third-order valence-electron chi connectivity index (χ3n) is 4.53. The van der Waals surface area contributed by atoms with Gasteiger partial charge in [-0.15, -0.1) is 11.6 Å². The highest BCUT2D eigenvalue weighted by atomic mass is 35.5. The van der Waals surface area contributed by atoms with Crippen LogP contribution in [0.25, 0.3) is 33.8 Å². The summed E-state index contributed by atoms with van der Waals surface area (Å²) in [6.45, 7) is -0.0134. The van der Waals surface area contributed by atoms with Gasteiger partial charge in [0.05, 0.1) is 17.5 Å². The van der Waals surface area contributed by atoms with Gasteiger partial charge < -0.3 is 11.1 Å². The predicted octanol–water partition coefficient (Wildman–Crippen LogP) is 2.66. The molecule has 32 heavy (non-hydrogen) atoms. The van der Waals surface area contributed by atoms with Crippen LogP contribution in [0.3, 0.4) is 0 Å². The number of hydrazone groups is 1. The summed E-state index contributed by atoms with van der Waals surface area (Å²) in [5.74, 6) is 1.08. The lowest BCUT2D eigenvalue weighted by atomic mass is 10.2. The number of nitrogens with two attached hydrogens (primary N) is 1. The average molecular weight is 444 g/mol. The first kappa shape index (κ1) is 20.9. The third kappa shape index (κ3) is 3.97. The fraction of sp³-hybridized carbons (Fsp3) is 0.0952. The summed E-state index contributed by atoms with van der Waals surface area (Å²) in [6, 6.07) is 12.9. The Morgan fingerprint density at radius 3 is 2.66 bits per heavy atom. The number of imidazole rings is 1. The number of hydrogen-bond donors (Lipinski definition) is 2. The molecule has 3 N–H and O–H groups in total. The van der Waals surface area contributed by atoms with Crippen LogP contribution < -0.4 is 11.2 Å². The molecule has 0 fully saturated rings. The van der Waals surface area contributed by atoms with Gasteiger partial charge in [0.15, 0.2) is 17.3 Å². The van der Waals surface area contributed by atoms with E-state index in [9.17, 15) is 5.41 Å². The topological polar surface area (TPSA) is 153 Å². The van der Waals surface area contributed by atoms with Crippen molar-refractivity contribution in [2.24, 2.45) is 5.10 Å². The van der Waals surface area contributed by atoms with Gasteiger partial charge in [0.2, 0.25) is 0 Å².